The summed E-state index contributed by atoms with van der Waals surface area (Å²) in [6.07, 6.45) is 1.57. The highest BCUT2D eigenvalue weighted by Crippen LogP contribution is 2.29. The predicted octanol–water partition coefficient (Wildman–Crippen LogP) is 2.96. The van der Waals surface area contributed by atoms with Crippen LogP contribution in [0.1, 0.15) is 5.56 Å². The number of hydrogen-bond acceptors (Lipinski definition) is 10. The highest BCUT2D eigenvalue weighted by atomic mass is 79.9. The topological polar surface area (TPSA) is 138 Å². The molecule has 0 radical (unpaired) electrons. The molecule has 0 aliphatic rings. The zero-order chi connectivity index (χ0) is 23.8. The third kappa shape index (κ3) is 6.29. The van der Waals surface area contributed by atoms with Crippen molar-refractivity contribution in [3.63, 3.8) is 0 Å². The van der Waals surface area contributed by atoms with Crippen molar-refractivity contribution in [3.05, 3.63) is 46.4 Å². The van der Waals surface area contributed by atoms with Crippen LogP contribution in [0.15, 0.2) is 51.1 Å². The van der Waals surface area contributed by atoms with E-state index in [1.165, 1.54) is 11.8 Å². The maximum atomic E-state index is 12.4. The number of anilines is 2. The van der Waals surface area contributed by atoms with Crippen LogP contribution in [0.3, 0.4) is 0 Å². The van der Waals surface area contributed by atoms with Crippen LogP contribution in [0, 0.1) is 0 Å². The van der Waals surface area contributed by atoms with Gasteiger partial charge in [0.05, 0.1) is 39.0 Å². The maximum absolute atomic E-state index is 12.4. The van der Waals surface area contributed by atoms with E-state index in [4.69, 9.17) is 20.1 Å². The normalized spacial score (nSPS) is 10.8. The van der Waals surface area contributed by atoms with Gasteiger partial charge in [0.25, 0.3) is 5.95 Å². The van der Waals surface area contributed by atoms with Gasteiger partial charge in [0.1, 0.15) is 17.2 Å². The molecule has 4 N–H and O–H groups in total. The molecule has 0 bridgehead atoms. The number of ether oxygens (including phenoxy) is 3. The van der Waals surface area contributed by atoms with Gasteiger partial charge in [0, 0.05) is 16.1 Å². The van der Waals surface area contributed by atoms with Crippen molar-refractivity contribution in [2.75, 3.05) is 43.7 Å². The van der Waals surface area contributed by atoms with Crippen LogP contribution >= 0.6 is 27.7 Å². The number of nitrogens with zero attached hydrogens (tertiary/aromatic N) is 4. The Balaban J connectivity index is 1.59. The Morgan fingerprint density at radius 3 is 2.64 bits per heavy atom. The summed E-state index contributed by atoms with van der Waals surface area (Å²) in [5.41, 5.74) is 3.97. The van der Waals surface area contributed by atoms with Crippen molar-refractivity contribution in [2.45, 2.75) is 5.16 Å². The van der Waals surface area contributed by atoms with Crippen molar-refractivity contribution in [3.8, 4) is 17.2 Å². The first-order valence-electron chi connectivity index (χ1n) is 9.43. The standard InChI is InChI=1S/C20H22BrN7O4S/c1-30-14-5-7-17(32-3)15(9-14)24-18(29)11-33-20-27-26-19(28(20)22)25-23-10-12-8-13(21)4-6-16(12)31-2/h4-10H,11,22H2,1-3H3,(H,24,29)(H,25,26)/b23-10+. The van der Waals surface area contributed by atoms with Crippen LogP contribution in [-0.2, 0) is 4.79 Å². The predicted molar refractivity (Wildman–Crippen MR) is 131 cm³/mol. The minimum atomic E-state index is -0.274. The van der Waals surface area contributed by atoms with Gasteiger partial charge >= 0.3 is 0 Å². The number of hydrogen-bond donors (Lipinski definition) is 3. The molecule has 0 aliphatic heterocycles. The van der Waals surface area contributed by atoms with E-state index in [2.05, 4.69) is 42.0 Å². The number of amides is 1. The lowest BCUT2D eigenvalue weighted by atomic mass is 10.2. The molecule has 3 rings (SSSR count). The molecule has 1 aromatic heterocycles. The molecule has 0 saturated heterocycles. The van der Waals surface area contributed by atoms with E-state index in [-0.39, 0.29) is 17.6 Å². The number of carbonyl (C=O) groups is 1. The summed E-state index contributed by atoms with van der Waals surface area (Å²) >= 11 is 4.53. The fourth-order valence-electron chi connectivity index (χ4n) is 2.65. The van der Waals surface area contributed by atoms with E-state index in [0.717, 1.165) is 21.8 Å². The molecule has 13 heteroatoms. The van der Waals surface area contributed by atoms with Crippen molar-refractivity contribution in [2.24, 2.45) is 5.10 Å². The fraction of sp³-hybridized carbons (Fsp3) is 0.200. The molecular formula is C20H22BrN7O4S. The summed E-state index contributed by atoms with van der Waals surface area (Å²) in [7, 11) is 4.64. The largest absolute Gasteiger partial charge is 0.497 e. The van der Waals surface area contributed by atoms with Gasteiger partial charge in [-0.15, -0.1) is 10.2 Å². The SMILES string of the molecule is COc1ccc(OC)c(NC(=O)CSc2nnc(N/N=C/c3cc(Br)ccc3OC)n2N)c1. The van der Waals surface area contributed by atoms with Gasteiger partial charge in [-0.2, -0.15) is 5.10 Å². The van der Waals surface area contributed by atoms with Gasteiger partial charge in [-0.1, -0.05) is 27.7 Å². The number of thioether (sulfide) groups is 1. The van der Waals surface area contributed by atoms with Crippen LogP contribution in [0.2, 0.25) is 0 Å². The zero-order valence-electron chi connectivity index (χ0n) is 18.0. The lowest BCUT2D eigenvalue weighted by Crippen LogP contribution is -2.17. The molecular weight excluding hydrogens is 514 g/mol. The number of nitrogen functional groups attached to an aromatic ring is 1. The van der Waals surface area contributed by atoms with Crippen LogP contribution < -0.4 is 30.8 Å². The lowest BCUT2D eigenvalue weighted by Gasteiger charge is -2.11. The lowest BCUT2D eigenvalue weighted by molar-refractivity contribution is -0.113. The Bertz CT molecular complexity index is 1160. The summed E-state index contributed by atoms with van der Waals surface area (Å²) in [5.74, 6) is 7.77. The minimum Gasteiger partial charge on any atom is -0.497 e. The first-order valence-corrected chi connectivity index (χ1v) is 11.2. The summed E-state index contributed by atoms with van der Waals surface area (Å²) in [5, 5.41) is 15.2. The van der Waals surface area contributed by atoms with E-state index in [1.54, 1.807) is 38.6 Å². The molecule has 1 heterocycles. The second-order valence-electron chi connectivity index (χ2n) is 6.34. The van der Waals surface area contributed by atoms with Gasteiger partial charge in [-0.3, -0.25) is 4.79 Å². The average molecular weight is 536 g/mol. The van der Waals surface area contributed by atoms with Crippen molar-refractivity contribution in [1.29, 1.82) is 0 Å². The summed E-state index contributed by atoms with van der Waals surface area (Å²) in [4.78, 5) is 12.4. The number of benzene rings is 2. The highest BCUT2D eigenvalue weighted by Gasteiger charge is 2.14. The van der Waals surface area contributed by atoms with Crippen molar-refractivity contribution < 1.29 is 19.0 Å². The number of methoxy groups -OCH3 is 3. The molecule has 0 unspecified atom stereocenters. The highest BCUT2D eigenvalue weighted by molar-refractivity contribution is 9.10. The molecule has 1 amide bonds. The van der Waals surface area contributed by atoms with Crippen molar-refractivity contribution in [1.82, 2.24) is 14.9 Å². The fourth-order valence-corrected chi connectivity index (χ4v) is 3.68. The quantitative estimate of drug-likeness (QED) is 0.155. The number of nitrogens with one attached hydrogen (secondary N) is 2. The number of aromatic nitrogens is 3. The van der Waals surface area contributed by atoms with Gasteiger partial charge in [0.2, 0.25) is 11.1 Å². The molecule has 2 aromatic carbocycles. The van der Waals surface area contributed by atoms with E-state index >= 15 is 0 Å². The third-order valence-electron chi connectivity index (χ3n) is 4.24. The van der Waals surface area contributed by atoms with Crippen LogP contribution in [0.25, 0.3) is 0 Å². The first kappa shape index (κ1) is 24.2. The molecule has 0 saturated carbocycles. The Labute approximate surface area is 202 Å². The van der Waals surface area contributed by atoms with E-state index in [0.29, 0.717) is 28.1 Å². The second kappa shape index (κ2) is 11.4. The Morgan fingerprint density at radius 1 is 1.15 bits per heavy atom. The Morgan fingerprint density at radius 2 is 1.91 bits per heavy atom. The summed E-state index contributed by atoms with van der Waals surface area (Å²) in [6, 6.07) is 10.7. The second-order valence-corrected chi connectivity index (χ2v) is 8.19. The molecule has 0 atom stereocenters. The number of nitrogens with two attached hydrogens (primary N) is 1. The molecule has 3 aromatic rings. The third-order valence-corrected chi connectivity index (χ3v) is 5.67. The number of rotatable bonds is 10. The maximum Gasteiger partial charge on any atom is 0.264 e. The summed E-state index contributed by atoms with van der Waals surface area (Å²) in [6.45, 7) is 0. The van der Waals surface area contributed by atoms with E-state index < -0.39 is 0 Å². The molecule has 33 heavy (non-hydrogen) atoms. The van der Waals surface area contributed by atoms with Crippen LogP contribution in [0.5, 0.6) is 17.2 Å². The molecule has 0 aliphatic carbocycles. The zero-order valence-corrected chi connectivity index (χ0v) is 20.4. The Kier molecular flexibility index (Phi) is 8.38. The van der Waals surface area contributed by atoms with Crippen molar-refractivity contribution >= 4 is 51.4 Å². The smallest absolute Gasteiger partial charge is 0.264 e. The average Bonchev–Trinajstić information content (AvgIpc) is 3.17. The first-order chi connectivity index (χ1) is 15.9. The van der Waals surface area contributed by atoms with Gasteiger partial charge < -0.3 is 25.4 Å². The van der Waals surface area contributed by atoms with Gasteiger partial charge in [-0.25, -0.2) is 10.1 Å². The monoisotopic (exact) mass is 535 g/mol. The van der Waals surface area contributed by atoms with Crippen LogP contribution in [-0.4, -0.2) is 54.1 Å². The van der Waals surface area contributed by atoms with Crippen LogP contribution in [0.4, 0.5) is 11.6 Å². The Hall–Kier alpha value is -3.45. The molecule has 11 nitrogen and oxygen atoms in total. The van der Waals surface area contributed by atoms with E-state index in [1.807, 2.05) is 18.2 Å². The molecule has 0 fully saturated rings. The summed E-state index contributed by atoms with van der Waals surface area (Å²) < 4.78 is 17.8. The molecule has 0 spiro atoms. The van der Waals surface area contributed by atoms with Gasteiger partial charge in [0.15, 0.2) is 0 Å². The number of hydrazone groups is 1. The minimum absolute atomic E-state index is 0.0498. The van der Waals surface area contributed by atoms with Gasteiger partial charge in [-0.05, 0) is 30.3 Å². The molecule has 174 valence electrons. The number of halogens is 1. The van der Waals surface area contributed by atoms with E-state index in [9.17, 15) is 4.79 Å². The number of carbonyl (C=O) groups excluding carboxylic acids is 1.